The maximum absolute atomic E-state index is 12.5. The molecule has 0 bridgehead atoms. The second-order valence-electron chi connectivity index (χ2n) is 5.79. The van der Waals surface area contributed by atoms with Gasteiger partial charge in [0.1, 0.15) is 12.4 Å². The van der Waals surface area contributed by atoms with Gasteiger partial charge >= 0.3 is 0 Å². The number of anilines is 1. The SMILES string of the molecule is CCNCc1cccc(NC(=O)C2COc3ccccc3C2)c1. The van der Waals surface area contributed by atoms with Gasteiger partial charge in [0.25, 0.3) is 0 Å². The minimum atomic E-state index is -0.151. The third-order valence-corrected chi connectivity index (χ3v) is 4.02. The molecule has 0 radical (unpaired) electrons. The van der Waals surface area contributed by atoms with Crippen molar-refractivity contribution in [2.45, 2.75) is 19.9 Å². The summed E-state index contributed by atoms with van der Waals surface area (Å²) in [5.74, 6) is 0.756. The summed E-state index contributed by atoms with van der Waals surface area (Å²) in [5.41, 5.74) is 3.10. The van der Waals surface area contributed by atoms with Crippen molar-refractivity contribution in [1.29, 1.82) is 0 Å². The van der Waals surface area contributed by atoms with Crippen LogP contribution < -0.4 is 15.4 Å². The van der Waals surface area contributed by atoms with Gasteiger partial charge in [-0.3, -0.25) is 4.79 Å². The van der Waals surface area contributed by atoms with Crippen molar-refractivity contribution in [3.05, 3.63) is 59.7 Å². The normalized spacial score (nSPS) is 16.3. The molecule has 2 aromatic carbocycles. The van der Waals surface area contributed by atoms with Crippen LogP contribution in [0, 0.1) is 5.92 Å². The predicted molar refractivity (Wildman–Crippen MR) is 91.6 cm³/mol. The van der Waals surface area contributed by atoms with Crippen LogP contribution in [0.5, 0.6) is 5.75 Å². The summed E-state index contributed by atoms with van der Waals surface area (Å²) >= 11 is 0. The highest BCUT2D eigenvalue weighted by atomic mass is 16.5. The van der Waals surface area contributed by atoms with Crippen LogP contribution in [0.15, 0.2) is 48.5 Å². The van der Waals surface area contributed by atoms with Gasteiger partial charge in [-0.15, -0.1) is 0 Å². The molecule has 2 aromatic rings. The molecule has 1 amide bonds. The van der Waals surface area contributed by atoms with E-state index in [0.717, 1.165) is 42.1 Å². The topological polar surface area (TPSA) is 50.4 Å². The molecule has 0 fully saturated rings. The average molecular weight is 310 g/mol. The molecule has 23 heavy (non-hydrogen) atoms. The number of carbonyl (C=O) groups excluding carboxylic acids is 1. The Bertz CT molecular complexity index is 685. The molecule has 0 spiro atoms. The molecule has 1 aliphatic heterocycles. The maximum atomic E-state index is 12.5. The van der Waals surface area contributed by atoms with E-state index in [9.17, 15) is 4.79 Å². The number of rotatable bonds is 5. The van der Waals surface area contributed by atoms with Crippen molar-refractivity contribution in [1.82, 2.24) is 5.32 Å². The zero-order valence-electron chi connectivity index (χ0n) is 13.3. The molecule has 1 unspecified atom stereocenters. The number of nitrogens with one attached hydrogen (secondary N) is 2. The highest BCUT2D eigenvalue weighted by Crippen LogP contribution is 2.27. The van der Waals surface area contributed by atoms with Gasteiger partial charge in [-0.2, -0.15) is 0 Å². The largest absolute Gasteiger partial charge is 0.492 e. The van der Waals surface area contributed by atoms with E-state index in [0.29, 0.717) is 6.61 Å². The van der Waals surface area contributed by atoms with Gasteiger partial charge in [-0.1, -0.05) is 37.3 Å². The Morgan fingerprint density at radius 3 is 2.96 bits per heavy atom. The van der Waals surface area contributed by atoms with E-state index in [1.165, 1.54) is 0 Å². The van der Waals surface area contributed by atoms with Crippen LogP contribution in [0.4, 0.5) is 5.69 Å². The quantitative estimate of drug-likeness (QED) is 0.892. The standard InChI is InChI=1S/C19H22N2O2/c1-2-20-12-14-6-5-8-17(10-14)21-19(22)16-11-15-7-3-4-9-18(15)23-13-16/h3-10,16,20H,2,11-13H2,1H3,(H,21,22). The molecule has 1 heterocycles. The molecule has 0 aliphatic carbocycles. The lowest BCUT2D eigenvalue weighted by atomic mass is 9.96. The average Bonchev–Trinajstić information content (AvgIpc) is 2.60. The van der Waals surface area contributed by atoms with Crippen LogP contribution >= 0.6 is 0 Å². The minimum absolute atomic E-state index is 0.0140. The van der Waals surface area contributed by atoms with Gasteiger partial charge in [-0.25, -0.2) is 0 Å². The van der Waals surface area contributed by atoms with Crippen molar-refractivity contribution in [2.75, 3.05) is 18.5 Å². The van der Waals surface area contributed by atoms with Crippen molar-refractivity contribution in [2.24, 2.45) is 5.92 Å². The van der Waals surface area contributed by atoms with Gasteiger partial charge in [0.05, 0.1) is 5.92 Å². The molecule has 2 N–H and O–H groups in total. The van der Waals surface area contributed by atoms with Crippen molar-refractivity contribution < 1.29 is 9.53 Å². The first-order valence-electron chi connectivity index (χ1n) is 8.07. The summed E-state index contributed by atoms with van der Waals surface area (Å²) in [4.78, 5) is 12.5. The molecular formula is C19H22N2O2. The molecule has 0 saturated heterocycles. The van der Waals surface area contributed by atoms with E-state index >= 15 is 0 Å². The van der Waals surface area contributed by atoms with E-state index in [1.54, 1.807) is 0 Å². The Balaban J connectivity index is 1.64. The van der Waals surface area contributed by atoms with Crippen molar-refractivity contribution >= 4 is 11.6 Å². The van der Waals surface area contributed by atoms with E-state index < -0.39 is 0 Å². The molecule has 4 heteroatoms. The van der Waals surface area contributed by atoms with Crippen molar-refractivity contribution in [3.8, 4) is 5.75 Å². The van der Waals surface area contributed by atoms with Gasteiger partial charge < -0.3 is 15.4 Å². The lowest BCUT2D eigenvalue weighted by Crippen LogP contribution is -2.32. The number of ether oxygens (including phenoxy) is 1. The fourth-order valence-electron chi connectivity index (χ4n) is 2.77. The van der Waals surface area contributed by atoms with Crippen LogP contribution in [0.25, 0.3) is 0 Å². The Morgan fingerprint density at radius 1 is 1.22 bits per heavy atom. The second kappa shape index (κ2) is 7.29. The summed E-state index contributed by atoms with van der Waals surface area (Å²) < 4.78 is 5.70. The summed E-state index contributed by atoms with van der Waals surface area (Å²) in [6.07, 6.45) is 0.721. The first-order valence-corrected chi connectivity index (χ1v) is 8.07. The van der Waals surface area contributed by atoms with Gasteiger partial charge in [-0.05, 0) is 42.3 Å². The number of para-hydroxylation sites is 1. The van der Waals surface area contributed by atoms with Crippen LogP contribution in [0.3, 0.4) is 0 Å². The minimum Gasteiger partial charge on any atom is -0.492 e. The van der Waals surface area contributed by atoms with Gasteiger partial charge in [0.15, 0.2) is 0 Å². The molecule has 1 aliphatic rings. The number of carbonyl (C=O) groups is 1. The van der Waals surface area contributed by atoms with Gasteiger partial charge in [0, 0.05) is 12.2 Å². The molecule has 0 aromatic heterocycles. The summed E-state index contributed by atoms with van der Waals surface area (Å²) in [6.45, 7) is 4.24. The van der Waals surface area contributed by atoms with Crippen molar-refractivity contribution in [3.63, 3.8) is 0 Å². The van der Waals surface area contributed by atoms with Crippen LogP contribution in [0.2, 0.25) is 0 Å². The molecule has 4 nitrogen and oxygen atoms in total. The highest BCUT2D eigenvalue weighted by Gasteiger charge is 2.25. The molecular weight excluding hydrogens is 288 g/mol. The van der Waals surface area contributed by atoms with E-state index in [1.807, 2.05) is 42.5 Å². The third-order valence-electron chi connectivity index (χ3n) is 4.02. The van der Waals surface area contributed by atoms with Gasteiger partial charge in [0.2, 0.25) is 5.91 Å². The number of fused-ring (bicyclic) bond motifs is 1. The molecule has 1 atom stereocenters. The van der Waals surface area contributed by atoms with E-state index in [4.69, 9.17) is 4.74 Å². The Kier molecular flexibility index (Phi) is 4.93. The van der Waals surface area contributed by atoms with Crippen LogP contribution in [-0.2, 0) is 17.8 Å². The fourth-order valence-corrected chi connectivity index (χ4v) is 2.77. The Labute approximate surface area is 136 Å². The second-order valence-corrected chi connectivity index (χ2v) is 5.79. The zero-order chi connectivity index (χ0) is 16.1. The number of benzene rings is 2. The summed E-state index contributed by atoms with van der Waals surface area (Å²) in [7, 11) is 0. The van der Waals surface area contributed by atoms with Crippen LogP contribution in [0.1, 0.15) is 18.1 Å². The molecule has 3 rings (SSSR count). The Hall–Kier alpha value is -2.33. The van der Waals surface area contributed by atoms with E-state index in [-0.39, 0.29) is 11.8 Å². The predicted octanol–water partition coefficient (Wildman–Crippen LogP) is 2.99. The Morgan fingerprint density at radius 2 is 2.09 bits per heavy atom. The fraction of sp³-hybridized carbons (Fsp3) is 0.316. The lowest BCUT2D eigenvalue weighted by Gasteiger charge is -2.24. The number of hydrogen-bond acceptors (Lipinski definition) is 3. The zero-order valence-corrected chi connectivity index (χ0v) is 13.3. The summed E-state index contributed by atoms with van der Waals surface area (Å²) in [5, 5.41) is 6.30. The first kappa shape index (κ1) is 15.6. The number of hydrogen-bond donors (Lipinski definition) is 2. The monoisotopic (exact) mass is 310 g/mol. The van der Waals surface area contributed by atoms with E-state index in [2.05, 4.69) is 23.6 Å². The lowest BCUT2D eigenvalue weighted by molar-refractivity contribution is -0.121. The van der Waals surface area contributed by atoms with Crippen LogP contribution in [-0.4, -0.2) is 19.1 Å². The maximum Gasteiger partial charge on any atom is 0.231 e. The summed E-state index contributed by atoms with van der Waals surface area (Å²) in [6, 6.07) is 15.9. The smallest absolute Gasteiger partial charge is 0.231 e. The highest BCUT2D eigenvalue weighted by molar-refractivity contribution is 5.93. The third kappa shape index (κ3) is 3.90. The number of amides is 1. The molecule has 120 valence electrons. The molecule has 0 saturated carbocycles. The first-order chi connectivity index (χ1) is 11.3.